The quantitative estimate of drug-likeness (QED) is 0.766. The Labute approximate surface area is 76.3 Å². The highest BCUT2D eigenvalue weighted by Gasteiger charge is 2.01. The predicted octanol–water partition coefficient (Wildman–Crippen LogP) is 1.32. The van der Waals surface area contributed by atoms with Crippen LogP contribution in [0.2, 0.25) is 5.02 Å². The van der Waals surface area contributed by atoms with E-state index in [1.165, 1.54) is 0 Å². The number of benzene rings is 1. The molecule has 0 heterocycles. The molecule has 0 aliphatic heterocycles. The summed E-state index contributed by atoms with van der Waals surface area (Å²) in [6.45, 7) is 0. The van der Waals surface area contributed by atoms with Crippen LogP contribution in [0.4, 0.5) is 0 Å². The summed E-state index contributed by atoms with van der Waals surface area (Å²) in [5.74, 6) is 0. The first kappa shape index (κ1) is 9.23. The molecule has 1 aromatic carbocycles. The van der Waals surface area contributed by atoms with Crippen molar-refractivity contribution in [3.8, 4) is 0 Å². The summed E-state index contributed by atoms with van der Waals surface area (Å²) in [5.41, 5.74) is 6.38. The van der Waals surface area contributed by atoms with Gasteiger partial charge in [-0.3, -0.25) is 4.79 Å². The van der Waals surface area contributed by atoms with Crippen LogP contribution in [-0.4, -0.2) is 12.3 Å². The van der Waals surface area contributed by atoms with Gasteiger partial charge in [0.25, 0.3) is 0 Å². The number of halogens is 1. The fourth-order valence-corrected chi connectivity index (χ4v) is 1.04. The maximum absolute atomic E-state index is 10.1. The van der Waals surface area contributed by atoms with E-state index in [0.29, 0.717) is 11.4 Å². The zero-order valence-electron chi connectivity index (χ0n) is 6.46. The van der Waals surface area contributed by atoms with Crippen molar-refractivity contribution in [2.45, 2.75) is 12.5 Å². The number of nitrogens with two attached hydrogens (primary N) is 1. The van der Waals surface area contributed by atoms with Crippen LogP contribution in [0.3, 0.4) is 0 Å². The summed E-state index contributed by atoms with van der Waals surface area (Å²) in [7, 11) is 0. The topological polar surface area (TPSA) is 43.1 Å². The number of carbonyl (C=O) groups excluding carboxylic acids is 1. The lowest BCUT2D eigenvalue weighted by molar-refractivity contribution is 0.541. The van der Waals surface area contributed by atoms with E-state index in [-0.39, 0.29) is 0 Å². The molecule has 0 aliphatic carbocycles. The van der Waals surface area contributed by atoms with Gasteiger partial charge < -0.3 is 5.73 Å². The Hall–Kier alpha value is -0.860. The minimum absolute atomic E-state index is 0.515. The maximum Gasteiger partial charge on any atom is 0.217 e. The molecule has 1 atom stereocenters. The van der Waals surface area contributed by atoms with Crippen molar-refractivity contribution in [3.63, 3.8) is 0 Å². The molecule has 3 heteroatoms. The molecular weight excluding hydrogens is 174 g/mol. The molecule has 0 aliphatic rings. The Kier molecular flexibility index (Phi) is 3.26. The van der Waals surface area contributed by atoms with E-state index in [2.05, 4.69) is 0 Å². The molecule has 12 heavy (non-hydrogen) atoms. The number of hydrogen-bond donors (Lipinski definition) is 1. The average molecular weight is 183 g/mol. The molecule has 1 radical (unpaired) electrons. The van der Waals surface area contributed by atoms with Crippen molar-refractivity contribution < 1.29 is 4.79 Å². The molecule has 1 rings (SSSR count). The molecule has 0 spiro atoms. The third kappa shape index (κ3) is 2.64. The van der Waals surface area contributed by atoms with E-state index in [0.717, 1.165) is 5.56 Å². The van der Waals surface area contributed by atoms with E-state index < -0.39 is 6.04 Å². The van der Waals surface area contributed by atoms with E-state index in [1.54, 1.807) is 18.4 Å². The minimum Gasteiger partial charge on any atom is -0.321 e. The molecule has 0 bridgehead atoms. The highest BCUT2D eigenvalue weighted by Crippen LogP contribution is 2.10. The van der Waals surface area contributed by atoms with Gasteiger partial charge in [0.05, 0.1) is 6.04 Å². The van der Waals surface area contributed by atoms with Crippen LogP contribution >= 0.6 is 11.6 Å². The lowest BCUT2D eigenvalue weighted by atomic mass is 10.1. The van der Waals surface area contributed by atoms with Crippen molar-refractivity contribution in [2.24, 2.45) is 5.73 Å². The zero-order chi connectivity index (χ0) is 8.97. The smallest absolute Gasteiger partial charge is 0.217 e. The summed E-state index contributed by atoms with van der Waals surface area (Å²) < 4.78 is 0. The van der Waals surface area contributed by atoms with Crippen molar-refractivity contribution in [1.82, 2.24) is 0 Å². The minimum atomic E-state index is -0.536. The first-order valence-electron chi connectivity index (χ1n) is 3.60. The van der Waals surface area contributed by atoms with E-state index in [4.69, 9.17) is 17.3 Å². The third-order valence-electron chi connectivity index (χ3n) is 1.52. The molecule has 2 N–H and O–H groups in total. The monoisotopic (exact) mass is 182 g/mol. The summed E-state index contributed by atoms with van der Waals surface area (Å²) >= 11 is 5.67. The fraction of sp³-hybridized carbons (Fsp3) is 0.222. The van der Waals surface area contributed by atoms with Gasteiger partial charge in [-0.05, 0) is 24.1 Å². The van der Waals surface area contributed by atoms with E-state index in [1.807, 2.05) is 12.1 Å². The van der Waals surface area contributed by atoms with Crippen LogP contribution < -0.4 is 5.73 Å². The largest absolute Gasteiger partial charge is 0.321 e. The van der Waals surface area contributed by atoms with Gasteiger partial charge in [-0.25, -0.2) is 0 Å². The summed E-state index contributed by atoms with van der Waals surface area (Å²) in [4.78, 5) is 10.1. The van der Waals surface area contributed by atoms with Crippen LogP contribution in [-0.2, 0) is 11.2 Å². The van der Waals surface area contributed by atoms with Crippen molar-refractivity contribution in [1.29, 1.82) is 0 Å². The van der Waals surface area contributed by atoms with Gasteiger partial charge in [-0.2, -0.15) is 0 Å². The molecule has 0 aromatic heterocycles. The Bertz CT molecular complexity index is 258. The molecule has 0 saturated heterocycles. The fourth-order valence-electron chi connectivity index (χ4n) is 0.916. The van der Waals surface area contributed by atoms with Crippen LogP contribution in [0.25, 0.3) is 0 Å². The second kappa shape index (κ2) is 4.24. The van der Waals surface area contributed by atoms with Crippen LogP contribution in [0.15, 0.2) is 24.3 Å². The van der Waals surface area contributed by atoms with E-state index >= 15 is 0 Å². The van der Waals surface area contributed by atoms with Crippen molar-refractivity contribution >= 4 is 17.9 Å². The molecular formula is C9H9ClNO. The Morgan fingerprint density at radius 3 is 2.50 bits per heavy atom. The van der Waals surface area contributed by atoms with Crippen molar-refractivity contribution in [2.75, 3.05) is 0 Å². The third-order valence-corrected chi connectivity index (χ3v) is 1.77. The van der Waals surface area contributed by atoms with Crippen molar-refractivity contribution in [3.05, 3.63) is 34.9 Å². The number of rotatable bonds is 3. The molecule has 0 unspecified atom stereocenters. The highest BCUT2D eigenvalue weighted by atomic mass is 35.5. The van der Waals surface area contributed by atoms with Gasteiger partial charge in [-0.15, -0.1) is 0 Å². The molecule has 1 aromatic rings. The SMILES string of the molecule is N[C@@H]([C]=O)Cc1ccc(Cl)cc1. The van der Waals surface area contributed by atoms with Crippen LogP contribution in [0, 0.1) is 0 Å². The maximum atomic E-state index is 10.1. The zero-order valence-corrected chi connectivity index (χ0v) is 7.21. The van der Waals surface area contributed by atoms with Gasteiger partial charge in [-0.1, -0.05) is 23.7 Å². The van der Waals surface area contributed by atoms with Gasteiger partial charge in [0.15, 0.2) is 0 Å². The molecule has 0 saturated carbocycles. The van der Waals surface area contributed by atoms with Gasteiger partial charge in [0.1, 0.15) is 0 Å². The van der Waals surface area contributed by atoms with Gasteiger partial charge in [0.2, 0.25) is 6.29 Å². The summed E-state index contributed by atoms with van der Waals surface area (Å²) in [6, 6.07) is 6.70. The molecule has 0 amide bonds. The Morgan fingerprint density at radius 2 is 2.00 bits per heavy atom. The first-order chi connectivity index (χ1) is 5.72. The normalized spacial score (nSPS) is 12.5. The lowest BCUT2D eigenvalue weighted by Gasteiger charge is -2.02. The van der Waals surface area contributed by atoms with E-state index in [9.17, 15) is 4.79 Å². The second-order valence-corrected chi connectivity index (χ2v) is 2.99. The summed E-state index contributed by atoms with van der Waals surface area (Å²) in [5, 5.41) is 0.683. The van der Waals surface area contributed by atoms with Crippen LogP contribution in [0.1, 0.15) is 5.56 Å². The second-order valence-electron chi connectivity index (χ2n) is 2.55. The number of hydrogen-bond acceptors (Lipinski definition) is 2. The molecule has 2 nitrogen and oxygen atoms in total. The average Bonchev–Trinajstić information content (AvgIpc) is 2.09. The van der Waals surface area contributed by atoms with Gasteiger partial charge in [0, 0.05) is 5.02 Å². The lowest BCUT2D eigenvalue weighted by Crippen LogP contribution is -2.23. The molecule has 63 valence electrons. The summed E-state index contributed by atoms with van der Waals surface area (Å²) in [6.07, 6.45) is 2.24. The Morgan fingerprint density at radius 1 is 1.42 bits per heavy atom. The highest BCUT2D eigenvalue weighted by molar-refractivity contribution is 6.30. The first-order valence-corrected chi connectivity index (χ1v) is 3.98. The predicted molar refractivity (Wildman–Crippen MR) is 48.8 cm³/mol. The molecule has 0 fully saturated rings. The Balaban J connectivity index is 2.64. The van der Waals surface area contributed by atoms with Crippen LogP contribution in [0.5, 0.6) is 0 Å². The standard InChI is InChI=1S/C9H9ClNO/c10-8-3-1-7(2-4-8)5-9(11)6-12/h1-4,9H,5,11H2/t9-/m1/s1. The van der Waals surface area contributed by atoms with Gasteiger partial charge >= 0.3 is 0 Å².